The number of sulfonamides is 1. The summed E-state index contributed by atoms with van der Waals surface area (Å²) >= 11 is 0. The average molecular weight is 578 g/mol. The molecule has 218 valence electrons. The quantitative estimate of drug-likeness (QED) is 0.344. The lowest BCUT2D eigenvalue weighted by Gasteiger charge is -2.33. The number of methoxy groups -OCH3 is 1. The Labute approximate surface area is 243 Å². The Morgan fingerprint density at radius 3 is 2.27 bits per heavy atom. The maximum Gasteiger partial charge on any atom is 0.264 e. The summed E-state index contributed by atoms with van der Waals surface area (Å²) in [4.78, 5) is 29.0. The van der Waals surface area contributed by atoms with Gasteiger partial charge in [0.25, 0.3) is 10.0 Å². The zero-order valence-corrected chi connectivity index (χ0v) is 24.8. The van der Waals surface area contributed by atoms with E-state index < -0.39 is 28.5 Å². The zero-order chi connectivity index (χ0) is 29.4. The highest BCUT2D eigenvalue weighted by Crippen LogP contribution is 2.26. The van der Waals surface area contributed by atoms with Crippen LogP contribution >= 0.6 is 0 Å². The molecule has 0 unspecified atom stereocenters. The molecule has 0 aromatic heterocycles. The van der Waals surface area contributed by atoms with Crippen molar-refractivity contribution >= 4 is 27.5 Å². The number of aryl methyl sites for hydroxylation is 1. The first-order valence-electron chi connectivity index (χ1n) is 14.1. The molecular weight excluding hydrogens is 538 g/mol. The van der Waals surface area contributed by atoms with Gasteiger partial charge in [-0.2, -0.15) is 0 Å². The van der Waals surface area contributed by atoms with Gasteiger partial charge in [-0.3, -0.25) is 13.9 Å². The molecule has 3 aromatic rings. The van der Waals surface area contributed by atoms with Crippen molar-refractivity contribution in [2.75, 3.05) is 18.0 Å². The fourth-order valence-electron chi connectivity index (χ4n) is 5.11. The molecule has 4 rings (SSSR count). The Hall–Kier alpha value is -3.85. The van der Waals surface area contributed by atoms with Gasteiger partial charge in [-0.05, 0) is 74.2 Å². The third-order valence-electron chi connectivity index (χ3n) is 7.53. The van der Waals surface area contributed by atoms with E-state index in [9.17, 15) is 18.0 Å². The van der Waals surface area contributed by atoms with Crippen molar-refractivity contribution in [2.24, 2.45) is 0 Å². The smallest absolute Gasteiger partial charge is 0.264 e. The third-order valence-corrected chi connectivity index (χ3v) is 9.32. The first-order chi connectivity index (χ1) is 19.7. The predicted octanol–water partition coefficient (Wildman–Crippen LogP) is 5.07. The molecule has 1 aliphatic carbocycles. The Morgan fingerprint density at radius 2 is 1.63 bits per heavy atom. The minimum atomic E-state index is -4.08. The molecule has 2 amide bonds. The fraction of sp³-hybridized carbons (Fsp3) is 0.375. The van der Waals surface area contributed by atoms with Crippen LogP contribution in [0.3, 0.4) is 0 Å². The van der Waals surface area contributed by atoms with Crippen molar-refractivity contribution in [3.63, 3.8) is 0 Å². The number of hydrogen-bond acceptors (Lipinski definition) is 5. The summed E-state index contributed by atoms with van der Waals surface area (Å²) in [6.45, 7) is 3.24. The largest absolute Gasteiger partial charge is 0.497 e. The van der Waals surface area contributed by atoms with Crippen LogP contribution in [-0.2, 0) is 26.2 Å². The third kappa shape index (κ3) is 7.67. The molecule has 41 heavy (non-hydrogen) atoms. The van der Waals surface area contributed by atoms with E-state index >= 15 is 0 Å². The summed E-state index contributed by atoms with van der Waals surface area (Å²) in [5, 5.41) is 3.12. The van der Waals surface area contributed by atoms with E-state index in [0.717, 1.165) is 47.5 Å². The van der Waals surface area contributed by atoms with Gasteiger partial charge in [0.15, 0.2) is 0 Å². The molecule has 0 radical (unpaired) electrons. The maximum atomic E-state index is 14.1. The minimum absolute atomic E-state index is 0.0823. The molecule has 1 atom stereocenters. The summed E-state index contributed by atoms with van der Waals surface area (Å²) in [6.07, 6.45) is 5.13. The number of carbonyl (C=O) groups is 2. The lowest BCUT2D eigenvalue weighted by molar-refractivity contribution is -0.139. The molecule has 3 aromatic carbocycles. The van der Waals surface area contributed by atoms with Crippen LogP contribution in [0.1, 0.15) is 50.2 Å². The summed E-state index contributed by atoms with van der Waals surface area (Å²) in [7, 11) is -2.50. The van der Waals surface area contributed by atoms with Gasteiger partial charge in [0.1, 0.15) is 18.3 Å². The molecule has 1 N–H and O–H groups in total. The number of benzene rings is 3. The fourth-order valence-corrected chi connectivity index (χ4v) is 6.54. The van der Waals surface area contributed by atoms with Crippen LogP contribution < -0.4 is 14.4 Å². The van der Waals surface area contributed by atoms with Gasteiger partial charge in [0.05, 0.1) is 17.7 Å². The van der Waals surface area contributed by atoms with E-state index in [0.29, 0.717) is 11.4 Å². The van der Waals surface area contributed by atoms with Crippen molar-refractivity contribution in [2.45, 2.75) is 69.5 Å². The highest BCUT2D eigenvalue weighted by atomic mass is 32.2. The number of nitrogens with one attached hydrogen (secondary N) is 1. The molecule has 0 saturated heterocycles. The van der Waals surface area contributed by atoms with E-state index in [4.69, 9.17) is 4.74 Å². The Balaban J connectivity index is 1.66. The second-order valence-electron chi connectivity index (χ2n) is 10.6. The molecule has 9 heteroatoms. The molecule has 1 saturated carbocycles. The summed E-state index contributed by atoms with van der Waals surface area (Å²) in [5.41, 5.74) is 2.04. The Bertz CT molecular complexity index is 1420. The van der Waals surface area contributed by atoms with Crippen molar-refractivity contribution < 1.29 is 22.7 Å². The first kappa shape index (κ1) is 30.1. The number of anilines is 1. The van der Waals surface area contributed by atoms with Gasteiger partial charge in [0, 0.05) is 12.6 Å². The van der Waals surface area contributed by atoms with Gasteiger partial charge in [-0.15, -0.1) is 0 Å². The van der Waals surface area contributed by atoms with Gasteiger partial charge >= 0.3 is 0 Å². The van der Waals surface area contributed by atoms with Gasteiger partial charge in [0.2, 0.25) is 11.8 Å². The SMILES string of the molecule is COc1ccc(CN(C(=O)CN(c2cccc(C)c2)S(=O)(=O)c2ccccc2)[C@@H](C)C(=O)NC2CCCCC2)cc1. The van der Waals surface area contributed by atoms with Crippen LogP contribution in [0.2, 0.25) is 0 Å². The Kier molecular flexibility index (Phi) is 10.0. The van der Waals surface area contributed by atoms with Crippen molar-refractivity contribution in [1.29, 1.82) is 0 Å². The topological polar surface area (TPSA) is 96.0 Å². The van der Waals surface area contributed by atoms with E-state index in [2.05, 4.69) is 5.32 Å². The van der Waals surface area contributed by atoms with Crippen LogP contribution in [-0.4, -0.2) is 50.9 Å². The van der Waals surface area contributed by atoms with Gasteiger partial charge in [-0.1, -0.05) is 61.7 Å². The standard InChI is InChI=1S/C32H39N3O5S/c1-24-11-10-14-28(21-24)35(41(38,39)30-15-8-5-9-16-30)23-31(36)34(22-26-17-19-29(40-3)20-18-26)25(2)32(37)33-27-12-6-4-7-13-27/h5,8-11,14-21,25,27H,4,6-7,12-13,22-23H2,1-3H3,(H,33,37)/t25-/m0/s1. The van der Waals surface area contributed by atoms with Crippen LogP contribution in [0.4, 0.5) is 5.69 Å². The second kappa shape index (κ2) is 13.7. The molecule has 0 heterocycles. The monoisotopic (exact) mass is 577 g/mol. The number of nitrogens with zero attached hydrogens (tertiary/aromatic N) is 2. The van der Waals surface area contributed by atoms with Crippen molar-refractivity contribution in [3.05, 3.63) is 90.0 Å². The minimum Gasteiger partial charge on any atom is -0.497 e. The molecule has 1 aliphatic rings. The van der Waals surface area contributed by atoms with Crippen LogP contribution in [0.25, 0.3) is 0 Å². The molecule has 1 fully saturated rings. The number of carbonyl (C=O) groups excluding carboxylic acids is 2. The van der Waals surface area contributed by atoms with E-state index in [1.807, 2.05) is 25.1 Å². The lowest BCUT2D eigenvalue weighted by atomic mass is 9.95. The van der Waals surface area contributed by atoms with Crippen LogP contribution in [0, 0.1) is 6.92 Å². The summed E-state index contributed by atoms with van der Waals surface area (Å²) in [5.74, 6) is -0.0470. The lowest BCUT2D eigenvalue weighted by Crippen LogP contribution is -2.53. The number of amides is 2. The maximum absolute atomic E-state index is 14.1. The van der Waals surface area contributed by atoms with Crippen LogP contribution in [0.5, 0.6) is 5.75 Å². The molecule has 0 aliphatic heterocycles. The highest BCUT2D eigenvalue weighted by molar-refractivity contribution is 7.92. The Morgan fingerprint density at radius 1 is 0.951 bits per heavy atom. The molecule has 0 spiro atoms. The first-order valence-corrected chi connectivity index (χ1v) is 15.5. The summed E-state index contributed by atoms with van der Waals surface area (Å²) < 4.78 is 34.1. The zero-order valence-electron chi connectivity index (χ0n) is 24.0. The number of ether oxygens (including phenoxy) is 1. The predicted molar refractivity (Wildman–Crippen MR) is 160 cm³/mol. The van der Waals surface area contributed by atoms with E-state index in [1.54, 1.807) is 62.6 Å². The molecule has 8 nitrogen and oxygen atoms in total. The molecule has 0 bridgehead atoms. The van der Waals surface area contributed by atoms with Crippen LogP contribution in [0.15, 0.2) is 83.8 Å². The normalized spacial score (nSPS) is 14.6. The van der Waals surface area contributed by atoms with Crippen molar-refractivity contribution in [1.82, 2.24) is 10.2 Å². The second-order valence-corrected chi connectivity index (χ2v) is 12.4. The average Bonchev–Trinajstić information content (AvgIpc) is 2.99. The van der Waals surface area contributed by atoms with E-state index in [1.165, 1.54) is 17.0 Å². The van der Waals surface area contributed by atoms with Gasteiger partial charge < -0.3 is 15.0 Å². The molecular formula is C32H39N3O5S. The van der Waals surface area contributed by atoms with Crippen molar-refractivity contribution in [3.8, 4) is 5.75 Å². The highest BCUT2D eigenvalue weighted by Gasteiger charge is 2.33. The number of hydrogen-bond donors (Lipinski definition) is 1. The number of rotatable bonds is 11. The van der Waals surface area contributed by atoms with Gasteiger partial charge in [-0.25, -0.2) is 8.42 Å². The summed E-state index contributed by atoms with van der Waals surface area (Å²) in [6, 6.07) is 21.6. The van der Waals surface area contributed by atoms with E-state index in [-0.39, 0.29) is 23.4 Å².